The van der Waals surface area contributed by atoms with Crippen LogP contribution >= 0.6 is 11.3 Å². The van der Waals surface area contributed by atoms with Crippen molar-refractivity contribution in [2.75, 3.05) is 11.9 Å². The van der Waals surface area contributed by atoms with E-state index in [1.54, 1.807) is 32.2 Å². The number of thiophene rings is 1. The smallest absolute Gasteiger partial charge is 0.341 e. The molecule has 1 heterocycles. The first-order valence-corrected chi connectivity index (χ1v) is 6.55. The van der Waals surface area contributed by atoms with Crippen molar-refractivity contribution in [3.8, 4) is 0 Å². The first kappa shape index (κ1) is 14.7. The van der Waals surface area contributed by atoms with Crippen LogP contribution in [-0.2, 0) is 9.53 Å². The van der Waals surface area contributed by atoms with Gasteiger partial charge in [-0.3, -0.25) is 4.79 Å². The quantitative estimate of drug-likeness (QED) is 0.802. The molecular formula is C12H18N2O3S. The molecule has 0 saturated heterocycles. The second-order valence-electron chi connectivity index (χ2n) is 4.60. The van der Waals surface area contributed by atoms with Gasteiger partial charge < -0.3 is 15.8 Å². The van der Waals surface area contributed by atoms with Crippen LogP contribution in [0, 0.1) is 0 Å². The van der Waals surface area contributed by atoms with E-state index in [9.17, 15) is 9.59 Å². The SMILES string of the molecule is CCOC(=O)c1ccsc1NC(=O)CC(C)(C)N. The Morgan fingerprint density at radius 1 is 1.50 bits per heavy atom. The third-order valence-corrected chi connectivity index (χ3v) is 2.86. The van der Waals surface area contributed by atoms with Crippen molar-refractivity contribution < 1.29 is 14.3 Å². The molecule has 0 aliphatic carbocycles. The van der Waals surface area contributed by atoms with Gasteiger partial charge in [0.2, 0.25) is 5.91 Å². The van der Waals surface area contributed by atoms with Gasteiger partial charge in [0.1, 0.15) is 5.00 Å². The van der Waals surface area contributed by atoms with Crippen LogP contribution in [0.15, 0.2) is 11.4 Å². The molecule has 1 rings (SSSR count). The van der Waals surface area contributed by atoms with E-state index in [4.69, 9.17) is 10.5 Å². The number of esters is 1. The number of rotatable bonds is 5. The first-order valence-electron chi connectivity index (χ1n) is 5.67. The lowest BCUT2D eigenvalue weighted by atomic mass is 10.0. The minimum Gasteiger partial charge on any atom is -0.462 e. The summed E-state index contributed by atoms with van der Waals surface area (Å²) >= 11 is 1.28. The minimum absolute atomic E-state index is 0.188. The molecular weight excluding hydrogens is 252 g/mol. The number of ether oxygens (including phenoxy) is 1. The number of hydrogen-bond acceptors (Lipinski definition) is 5. The zero-order valence-electron chi connectivity index (χ0n) is 10.8. The number of carbonyl (C=O) groups excluding carboxylic acids is 2. The van der Waals surface area contributed by atoms with E-state index >= 15 is 0 Å². The van der Waals surface area contributed by atoms with Crippen molar-refractivity contribution in [1.82, 2.24) is 0 Å². The average Bonchev–Trinajstić information content (AvgIpc) is 2.62. The summed E-state index contributed by atoms with van der Waals surface area (Å²) < 4.78 is 4.90. The van der Waals surface area contributed by atoms with E-state index in [1.807, 2.05) is 0 Å². The minimum atomic E-state index is -0.578. The van der Waals surface area contributed by atoms with Gasteiger partial charge >= 0.3 is 5.97 Å². The lowest BCUT2D eigenvalue weighted by Gasteiger charge is -2.17. The van der Waals surface area contributed by atoms with Crippen LogP contribution in [0.2, 0.25) is 0 Å². The molecule has 100 valence electrons. The molecule has 1 aromatic rings. The van der Waals surface area contributed by atoms with Crippen molar-refractivity contribution in [3.63, 3.8) is 0 Å². The zero-order chi connectivity index (χ0) is 13.8. The van der Waals surface area contributed by atoms with E-state index in [1.165, 1.54) is 11.3 Å². The van der Waals surface area contributed by atoms with Crippen LogP contribution in [0.4, 0.5) is 5.00 Å². The highest BCUT2D eigenvalue weighted by Crippen LogP contribution is 2.24. The van der Waals surface area contributed by atoms with Gasteiger partial charge in [0.25, 0.3) is 0 Å². The molecule has 18 heavy (non-hydrogen) atoms. The highest BCUT2D eigenvalue weighted by molar-refractivity contribution is 7.14. The third-order valence-electron chi connectivity index (χ3n) is 2.03. The molecule has 0 fully saturated rings. The van der Waals surface area contributed by atoms with Gasteiger partial charge in [0.15, 0.2) is 0 Å². The van der Waals surface area contributed by atoms with Crippen molar-refractivity contribution in [1.29, 1.82) is 0 Å². The summed E-state index contributed by atoms with van der Waals surface area (Å²) in [4.78, 5) is 23.3. The number of anilines is 1. The van der Waals surface area contributed by atoms with Crippen molar-refractivity contribution in [3.05, 3.63) is 17.0 Å². The molecule has 0 radical (unpaired) electrons. The molecule has 0 unspecified atom stereocenters. The Hall–Kier alpha value is -1.40. The van der Waals surface area contributed by atoms with Gasteiger partial charge in [-0.1, -0.05) is 0 Å². The van der Waals surface area contributed by atoms with Crippen LogP contribution in [-0.4, -0.2) is 24.0 Å². The predicted octanol–water partition coefficient (Wildman–Crippen LogP) is 1.99. The van der Waals surface area contributed by atoms with E-state index < -0.39 is 11.5 Å². The Balaban J connectivity index is 2.71. The Morgan fingerprint density at radius 2 is 2.17 bits per heavy atom. The summed E-state index contributed by atoms with van der Waals surface area (Å²) in [6.45, 7) is 5.58. The van der Waals surface area contributed by atoms with Gasteiger partial charge in [-0.05, 0) is 32.2 Å². The predicted molar refractivity (Wildman–Crippen MR) is 71.8 cm³/mol. The summed E-state index contributed by atoms with van der Waals surface area (Å²) in [6.07, 6.45) is 0.188. The van der Waals surface area contributed by atoms with Crippen molar-refractivity contribution in [2.45, 2.75) is 32.7 Å². The summed E-state index contributed by atoms with van der Waals surface area (Å²) in [7, 11) is 0. The zero-order valence-corrected chi connectivity index (χ0v) is 11.6. The van der Waals surface area contributed by atoms with Crippen molar-refractivity contribution in [2.24, 2.45) is 5.73 Å². The lowest BCUT2D eigenvalue weighted by molar-refractivity contribution is -0.117. The summed E-state index contributed by atoms with van der Waals surface area (Å²) in [6, 6.07) is 1.63. The Bertz CT molecular complexity index is 435. The van der Waals surface area contributed by atoms with Gasteiger partial charge in [0, 0.05) is 12.0 Å². The topological polar surface area (TPSA) is 81.4 Å². The van der Waals surface area contributed by atoms with E-state index in [-0.39, 0.29) is 12.3 Å². The fraction of sp³-hybridized carbons (Fsp3) is 0.500. The molecule has 1 amide bonds. The molecule has 0 atom stereocenters. The second kappa shape index (κ2) is 5.97. The summed E-state index contributed by atoms with van der Waals surface area (Å²) in [5, 5.41) is 4.92. The van der Waals surface area contributed by atoms with Crippen LogP contribution in [0.1, 0.15) is 37.6 Å². The van der Waals surface area contributed by atoms with Crippen LogP contribution in [0.25, 0.3) is 0 Å². The standard InChI is InChI=1S/C12H18N2O3S/c1-4-17-11(16)8-5-6-18-10(8)14-9(15)7-12(2,3)13/h5-6H,4,7,13H2,1-3H3,(H,14,15). The number of hydrogen-bond donors (Lipinski definition) is 2. The molecule has 0 bridgehead atoms. The molecule has 0 aromatic carbocycles. The molecule has 0 aliphatic rings. The maximum Gasteiger partial charge on any atom is 0.341 e. The summed E-state index contributed by atoms with van der Waals surface area (Å²) in [5.41, 5.74) is 5.56. The van der Waals surface area contributed by atoms with E-state index in [2.05, 4.69) is 5.32 Å². The molecule has 5 nitrogen and oxygen atoms in total. The van der Waals surface area contributed by atoms with Gasteiger partial charge in [0.05, 0.1) is 12.2 Å². The largest absolute Gasteiger partial charge is 0.462 e. The van der Waals surface area contributed by atoms with Crippen LogP contribution < -0.4 is 11.1 Å². The average molecular weight is 270 g/mol. The summed E-state index contributed by atoms with van der Waals surface area (Å²) in [5.74, 6) is -0.642. The highest BCUT2D eigenvalue weighted by atomic mass is 32.1. The Kier molecular flexibility index (Phi) is 4.86. The van der Waals surface area contributed by atoms with Gasteiger partial charge in [-0.15, -0.1) is 11.3 Å². The number of nitrogens with one attached hydrogen (secondary N) is 1. The Labute approximate surface area is 110 Å². The maximum absolute atomic E-state index is 11.7. The third kappa shape index (κ3) is 4.46. The molecule has 0 aliphatic heterocycles. The highest BCUT2D eigenvalue weighted by Gasteiger charge is 2.20. The molecule has 0 saturated carbocycles. The molecule has 0 spiro atoms. The first-order chi connectivity index (χ1) is 8.33. The van der Waals surface area contributed by atoms with E-state index in [0.29, 0.717) is 17.2 Å². The van der Waals surface area contributed by atoms with Crippen LogP contribution in [0.3, 0.4) is 0 Å². The van der Waals surface area contributed by atoms with Crippen molar-refractivity contribution >= 4 is 28.2 Å². The Morgan fingerprint density at radius 3 is 2.72 bits per heavy atom. The normalized spacial score (nSPS) is 11.1. The van der Waals surface area contributed by atoms with Crippen LogP contribution in [0.5, 0.6) is 0 Å². The fourth-order valence-corrected chi connectivity index (χ4v) is 2.15. The second-order valence-corrected chi connectivity index (χ2v) is 5.51. The number of nitrogens with two attached hydrogens (primary N) is 1. The fourth-order valence-electron chi connectivity index (χ4n) is 1.36. The maximum atomic E-state index is 11.7. The van der Waals surface area contributed by atoms with Gasteiger partial charge in [-0.25, -0.2) is 4.79 Å². The number of carbonyl (C=O) groups is 2. The molecule has 1 aromatic heterocycles. The number of amides is 1. The molecule has 6 heteroatoms. The lowest BCUT2D eigenvalue weighted by Crippen LogP contribution is -2.36. The molecule has 3 N–H and O–H groups in total. The van der Waals surface area contributed by atoms with Gasteiger partial charge in [-0.2, -0.15) is 0 Å². The monoisotopic (exact) mass is 270 g/mol. The van der Waals surface area contributed by atoms with E-state index in [0.717, 1.165) is 0 Å².